The van der Waals surface area contributed by atoms with Gasteiger partial charge in [0.1, 0.15) is 5.69 Å². The number of hydrogen-bond donors (Lipinski definition) is 0. The van der Waals surface area contributed by atoms with E-state index in [-0.39, 0.29) is 11.9 Å². The average molecular weight is 271 g/mol. The molecule has 1 aliphatic rings. The molecule has 1 fully saturated rings. The molecule has 6 heteroatoms. The third-order valence-corrected chi connectivity index (χ3v) is 3.58. The van der Waals surface area contributed by atoms with E-state index in [0.717, 1.165) is 31.5 Å². The maximum absolute atomic E-state index is 12.4. The molecule has 1 aliphatic heterocycles. The van der Waals surface area contributed by atoms with Crippen LogP contribution in [0, 0.1) is 6.92 Å². The molecular formula is C14H17N5O. The van der Waals surface area contributed by atoms with Crippen LogP contribution in [0.3, 0.4) is 0 Å². The molecule has 0 radical (unpaired) electrons. The predicted octanol–water partition coefficient (Wildman–Crippen LogP) is 1.29. The number of hydrogen-bond acceptors (Lipinski definition) is 4. The van der Waals surface area contributed by atoms with Gasteiger partial charge in [0, 0.05) is 25.1 Å². The Morgan fingerprint density at radius 2 is 2.30 bits per heavy atom. The van der Waals surface area contributed by atoms with Crippen LogP contribution in [0.5, 0.6) is 0 Å². The lowest BCUT2D eigenvalue weighted by molar-refractivity contribution is 0.0715. The highest BCUT2D eigenvalue weighted by Gasteiger charge is 2.30. The van der Waals surface area contributed by atoms with Crippen LogP contribution in [0.1, 0.15) is 28.9 Å². The predicted molar refractivity (Wildman–Crippen MR) is 73.1 cm³/mol. The highest BCUT2D eigenvalue weighted by atomic mass is 16.2. The van der Waals surface area contributed by atoms with Gasteiger partial charge in [-0.15, -0.1) is 0 Å². The highest BCUT2D eigenvalue weighted by Crippen LogP contribution is 2.20. The molecule has 1 amide bonds. The standard InChI is InChI=1S/C14H17N5O/c1-11-7-17-18(9-11)10-12-3-2-6-19(12)14(20)13-8-15-4-5-16-13/h4-5,7-9,12H,2-3,6,10H2,1H3. The van der Waals surface area contributed by atoms with E-state index in [1.807, 2.05) is 28.9 Å². The second-order valence-electron chi connectivity index (χ2n) is 5.12. The summed E-state index contributed by atoms with van der Waals surface area (Å²) in [5, 5.41) is 4.30. The van der Waals surface area contributed by atoms with Crippen molar-refractivity contribution < 1.29 is 4.79 Å². The molecular weight excluding hydrogens is 254 g/mol. The van der Waals surface area contributed by atoms with Gasteiger partial charge in [0.25, 0.3) is 5.91 Å². The molecule has 3 rings (SSSR count). The van der Waals surface area contributed by atoms with Crippen LogP contribution in [-0.2, 0) is 6.54 Å². The Balaban J connectivity index is 1.74. The number of amides is 1. The van der Waals surface area contributed by atoms with Crippen molar-refractivity contribution in [1.29, 1.82) is 0 Å². The number of carbonyl (C=O) groups excluding carboxylic acids is 1. The van der Waals surface area contributed by atoms with Crippen LogP contribution in [0.15, 0.2) is 31.0 Å². The van der Waals surface area contributed by atoms with E-state index in [1.165, 1.54) is 6.20 Å². The first-order valence-electron chi connectivity index (χ1n) is 6.80. The molecule has 1 unspecified atom stereocenters. The molecule has 0 aliphatic carbocycles. The minimum atomic E-state index is -0.0375. The minimum Gasteiger partial charge on any atom is -0.332 e. The summed E-state index contributed by atoms with van der Waals surface area (Å²) in [5.41, 5.74) is 1.55. The summed E-state index contributed by atoms with van der Waals surface area (Å²) in [5.74, 6) is -0.0375. The van der Waals surface area contributed by atoms with Crippen molar-refractivity contribution in [1.82, 2.24) is 24.6 Å². The summed E-state index contributed by atoms with van der Waals surface area (Å²) in [6, 6.07) is 0.184. The lowest BCUT2D eigenvalue weighted by Gasteiger charge is -2.24. The van der Waals surface area contributed by atoms with E-state index < -0.39 is 0 Å². The van der Waals surface area contributed by atoms with Crippen molar-refractivity contribution >= 4 is 5.91 Å². The fourth-order valence-corrected chi connectivity index (χ4v) is 2.63. The largest absolute Gasteiger partial charge is 0.332 e. The molecule has 2 aromatic rings. The van der Waals surface area contributed by atoms with Crippen molar-refractivity contribution in [3.8, 4) is 0 Å². The van der Waals surface area contributed by atoms with E-state index >= 15 is 0 Å². The van der Waals surface area contributed by atoms with E-state index in [0.29, 0.717) is 5.69 Å². The Morgan fingerprint density at radius 3 is 3.00 bits per heavy atom. The van der Waals surface area contributed by atoms with E-state index in [1.54, 1.807) is 12.4 Å². The maximum Gasteiger partial charge on any atom is 0.274 e. The van der Waals surface area contributed by atoms with Crippen molar-refractivity contribution in [2.75, 3.05) is 6.54 Å². The Labute approximate surface area is 117 Å². The Morgan fingerprint density at radius 1 is 1.40 bits per heavy atom. The summed E-state index contributed by atoms with van der Waals surface area (Å²) in [4.78, 5) is 22.4. The van der Waals surface area contributed by atoms with Gasteiger partial charge in [0.2, 0.25) is 0 Å². The van der Waals surface area contributed by atoms with Gasteiger partial charge in [-0.3, -0.25) is 14.5 Å². The van der Waals surface area contributed by atoms with Crippen LogP contribution in [-0.4, -0.2) is 43.1 Å². The van der Waals surface area contributed by atoms with Gasteiger partial charge in [0.15, 0.2) is 0 Å². The number of likely N-dealkylation sites (tertiary alicyclic amines) is 1. The number of nitrogens with zero attached hydrogens (tertiary/aromatic N) is 5. The van der Waals surface area contributed by atoms with Crippen molar-refractivity contribution in [2.45, 2.75) is 32.4 Å². The van der Waals surface area contributed by atoms with Crippen molar-refractivity contribution in [3.05, 3.63) is 42.2 Å². The quantitative estimate of drug-likeness (QED) is 0.843. The Bertz CT molecular complexity index is 595. The smallest absolute Gasteiger partial charge is 0.274 e. The molecule has 3 heterocycles. The molecule has 1 saturated heterocycles. The minimum absolute atomic E-state index is 0.0375. The van der Waals surface area contributed by atoms with Crippen LogP contribution >= 0.6 is 0 Å². The van der Waals surface area contributed by atoms with Crippen molar-refractivity contribution in [3.63, 3.8) is 0 Å². The molecule has 0 aromatic carbocycles. The lowest BCUT2D eigenvalue weighted by atomic mass is 10.2. The fourth-order valence-electron chi connectivity index (χ4n) is 2.63. The van der Waals surface area contributed by atoms with Crippen molar-refractivity contribution in [2.24, 2.45) is 0 Å². The normalized spacial score (nSPS) is 18.4. The monoisotopic (exact) mass is 271 g/mol. The van der Waals surface area contributed by atoms with Gasteiger partial charge in [-0.1, -0.05) is 0 Å². The second-order valence-corrected chi connectivity index (χ2v) is 5.12. The Hall–Kier alpha value is -2.24. The molecule has 2 aromatic heterocycles. The average Bonchev–Trinajstić information content (AvgIpc) is 3.09. The molecule has 0 bridgehead atoms. The van der Waals surface area contributed by atoms with E-state index in [2.05, 4.69) is 15.1 Å². The van der Waals surface area contributed by atoms with E-state index in [4.69, 9.17) is 0 Å². The van der Waals surface area contributed by atoms with Crippen LogP contribution in [0.2, 0.25) is 0 Å². The number of aryl methyl sites for hydroxylation is 1. The summed E-state index contributed by atoms with van der Waals surface area (Å²) in [6.45, 7) is 3.53. The van der Waals surface area contributed by atoms with E-state index in [9.17, 15) is 4.79 Å². The summed E-state index contributed by atoms with van der Waals surface area (Å²) >= 11 is 0. The zero-order chi connectivity index (χ0) is 13.9. The first kappa shape index (κ1) is 12.8. The van der Waals surface area contributed by atoms with Crippen LogP contribution < -0.4 is 0 Å². The third kappa shape index (κ3) is 2.54. The number of carbonyl (C=O) groups is 1. The summed E-state index contributed by atoms with van der Waals surface area (Å²) in [6.07, 6.45) is 10.5. The zero-order valence-corrected chi connectivity index (χ0v) is 11.4. The molecule has 0 N–H and O–H groups in total. The molecule has 1 atom stereocenters. The second kappa shape index (κ2) is 5.40. The van der Waals surface area contributed by atoms with Crippen LogP contribution in [0.25, 0.3) is 0 Å². The summed E-state index contributed by atoms with van der Waals surface area (Å²) in [7, 11) is 0. The SMILES string of the molecule is Cc1cnn(CC2CCCN2C(=O)c2cnccn2)c1. The highest BCUT2D eigenvalue weighted by molar-refractivity contribution is 5.92. The van der Waals surface area contributed by atoms with Gasteiger partial charge in [-0.05, 0) is 25.3 Å². The topological polar surface area (TPSA) is 63.9 Å². The molecule has 20 heavy (non-hydrogen) atoms. The molecule has 6 nitrogen and oxygen atoms in total. The fraction of sp³-hybridized carbons (Fsp3) is 0.429. The van der Waals surface area contributed by atoms with Gasteiger partial charge in [-0.2, -0.15) is 5.10 Å². The Kier molecular flexibility index (Phi) is 3.45. The number of aromatic nitrogens is 4. The molecule has 104 valence electrons. The zero-order valence-electron chi connectivity index (χ0n) is 11.4. The maximum atomic E-state index is 12.4. The lowest BCUT2D eigenvalue weighted by Crippen LogP contribution is -2.38. The summed E-state index contributed by atoms with van der Waals surface area (Å²) < 4.78 is 1.91. The first-order chi connectivity index (χ1) is 9.74. The molecule has 0 saturated carbocycles. The van der Waals surface area contributed by atoms with Gasteiger partial charge < -0.3 is 4.90 Å². The molecule has 0 spiro atoms. The van der Waals surface area contributed by atoms with Gasteiger partial charge >= 0.3 is 0 Å². The first-order valence-corrected chi connectivity index (χ1v) is 6.80. The number of rotatable bonds is 3. The van der Waals surface area contributed by atoms with Gasteiger partial charge in [0.05, 0.1) is 25.0 Å². The van der Waals surface area contributed by atoms with Crippen LogP contribution in [0.4, 0.5) is 0 Å². The van der Waals surface area contributed by atoms with Gasteiger partial charge in [-0.25, -0.2) is 4.98 Å². The third-order valence-electron chi connectivity index (χ3n) is 3.58.